The predicted octanol–water partition coefficient (Wildman–Crippen LogP) is 0.225. The molecule has 0 bridgehead atoms. The highest BCUT2D eigenvalue weighted by Gasteiger charge is 1.96. The van der Waals surface area contributed by atoms with Gasteiger partial charge in [0.2, 0.25) is 11.9 Å². The van der Waals surface area contributed by atoms with Crippen LogP contribution in [0, 0.1) is 0 Å². The van der Waals surface area contributed by atoms with Gasteiger partial charge in [-0.05, 0) is 13.3 Å². The summed E-state index contributed by atoms with van der Waals surface area (Å²) < 4.78 is 5.16. The van der Waals surface area contributed by atoms with Gasteiger partial charge in [-0.15, -0.1) is 5.10 Å². The summed E-state index contributed by atoms with van der Waals surface area (Å²) in [5.74, 6) is 0.862. The van der Waals surface area contributed by atoms with Crippen molar-refractivity contribution in [3.63, 3.8) is 0 Å². The molecule has 1 rings (SSSR count). The zero-order chi connectivity index (χ0) is 9.52. The van der Waals surface area contributed by atoms with Crippen LogP contribution in [0.1, 0.15) is 13.3 Å². The molecule has 6 heteroatoms. The van der Waals surface area contributed by atoms with Gasteiger partial charge in [0.25, 0.3) is 0 Å². The van der Waals surface area contributed by atoms with Crippen LogP contribution < -0.4 is 11.1 Å². The molecule has 0 amide bonds. The third kappa shape index (κ3) is 3.75. The Hall–Kier alpha value is -1.30. The SMILES string of the molecule is CCOCCCNc1n[nH]c(N)n1. The van der Waals surface area contributed by atoms with Crippen LogP contribution in [0.25, 0.3) is 0 Å². The lowest BCUT2D eigenvalue weighted by molar-refractivity contribution is 0.147. The summed E-state index contributed by atoms with van der Waals surface area (Å²) in [4.78, 5) is 3.89. The van der Waals surface area contributed by atoms with Crippen LogP contribution in [0.2, 0.25) is 0 Å². The maximum Gasteiger partial charge on any atom is 0.243 e. The maximum atomic E-state index is 5.34. The monoisotopic (exact) mass is 185 g/mol. The van der Waals surface area contributed by atoms with E-state index in [0.717, 1.165) is 26.2 Å². The Morgan fingerprint density at radius 3 is 3.08 bits per heavy atom. The molecular formula is C7H15N5O. The minimum absolute atomic E-state index is 0.326. The lowest BCUT2D eigenvalue weighted by Gasteiger charge is -2.01. The average molecular weight is 185 g/mol. The molecule has 74 valence electrons. The van der Waals surface area contributed by atoms with Crippen molar-refractivity contribution in [1.82, 2.24) is 15.2 Å². The third-order valence-electron chi connectivity index (χ3n) is 1.46. The number of aromatic nitrogens is 3. The first-order valence-corrected chi connectivity index (χ1v) is 4.32. The Bertz CT molecular complexity index is 237. The first kappa shape index (κ1) is 9.79. The second kappa shape index (κ2) is 5.36. The standard InChI is InChI=1S/C7H15N5O/c1-2-13-5-3-4-9-7-10-6(8)11-12-7/h2-5H2,1H3,(H4,8,9,10,11,12). The Labute approximate surface area is 76.9 Å². The summed E-state index contributed by atoms with van der Waals surface area (Å²) in [6, 6.07) is 0. The number of nitrogens with zero attached hydrogens (tertiary/aromatic N) is 2. The lowest BCUT2D eigenvalue weighted by atomic mass is 10.4. The largest absolute Gasteiger partial charge is 0.382 e. The van der Waals surface area contributed by atoms with E-state index in [2.05, 4.69) is 20.5 Å². The number of ether oxygens (including phenoxy) is 1. The van der Waals surface area contributed by atoms with Crippen LogP contribution >= 0.6 is 0 Å². The lowest BCUT2D eigenvalue weighted by Crippen LogP contribution is -2.06. The number of aromatic amines is 1. The molecule has 6 nitrogen and oxygen atoms in total. The molecule has 1 aromatic rings. The summed E-state index contributed by atoms with van der Waals surface area (Å²) in [7, 11) is 0. The molecule has 0 radical (unpaired) electrons. The summed E-state index contributed by atoms with van der Waals surface area (Å²) in [5.41, 5.74) is 5.34. The van der Waals surface area contributed by atoms with Crippen LogP contribution in [0.5, 0.6) is 0 Å². The molecule has 1 heterocycles. The number of nitrogens with one attached hydrogen (secondary N) is 2. The maximum absolute atomic E-state index is 5.34. The molecule has 0 saturated carbocycles. The molecule has 0 spiro atoms. The normalized spacial score (nSPS) is 10.2. The van der Waals surface area contributed by atoms with Crippen LogP contribution in [0.4, 0.5) is 11.9 Å². The third-order valence-corrected chi connectivity index (χ3v) is 1.46. The first-order valence-electron chi connectivity index (χ1n) is 4.32. The van der Waals surface area contributed by atoms with E-state index in [4.69, 9.17) is 10.5 Å². The summed E-state index contributed by atoms with van der Waals surface area (Å²) in [6.07, 6.45) is 0.933. The van der Waals surface area contributed by atoms with Gasteiger partial charge in [0.1, 0.15) is 0 Å². The molecule has 0 aromatic carbocycles. The number of H-pyrrole nitrogens is 1. The van der Waals surface area contributed by atoms with Crippen molar-refractivity contribution in [2.45, 2.75) is 13.3 Å². The van der Waals surface area contributed by atoms with Crippen molar-refractivity contribution < 1.29 is 4.74 Å². The zero-order valence-electron chi connectivity index (χ0n) is 7.71. The first-order chi connectivity index (χ1) is 6.33. The van der Waals surface area contributed by atoms with Gasteiger partial charge in [0.05, 0.1) is 0 Å². The van der Waals surface area contributed by atoms with Gasteiger partial charge in [0.15, 0.2) is 0 Å². The van der Waals surface area contributed by atoms with Crippen LogP contribution in [0.15, 0.2) is 0 Å². The minimum Gasteiger partial charge on any atom is -0.382 e. The van der Waals surface area contributed by atoms with E-state index in [9.17, 15) is 0 Å². The fraction of sp³-hybridized carbons (Fsp3) is 0.714. The van der Waals surface area contributed by atoms with E-state index in [0.29, 0.717) is 11.9 Å². The Morgan fingerprint density at radius 1 is 1.62 bits per heavy atom. The van der Waals surface area contributed by atoms with Crippen molar-refractivity contribution in [2.75, 3.05) is 30.8 Å². The van der Waals surface area contributed by atoms with Gasteiger partial charge in [-0.1, -0.05) is 0 Å². The van der Waals surface area contributed by atoms with E-state index in [1.807, 2.05) is 6.92 Å². The molecule has 0 unspecified atom stereocenters. The molecule has 0 aliphatic heterocycles. The van der Waals surface area contributed by atoms with Gasteiger partial charge >= 0.3 is 0 Å². The second-order valence-corrected chi connectivity index (χ2v) is 2.52. The van der Waals surface area contributed by atoms with Gasteiger partial charge in [-0.2, -0.15) is 4.98 Å². The zero-order valence-corrected chi connectivity index (χ0v) is 7.71. The fourth-order valence-electron chi connectivity index (χ4n) is 0.872. The molecule has 0 fully saturated rings. The number of hydrogen-bond acceptors (Lipinski definition) is 5. The van der Waals surface area contributed by atoms with E-state index in [1.165, 1.54) is 0 Å². The Morgan fingerprint density at radius 2 is 2.46 bits per heavy atom. The molecule has 13 heavy (non-hydrogen) atoms. The smallest absolute Gasteiger partial charge is 0.243 e. The quantitative estimate of drug-likeness (QED) is 0.552. The molecule has 0 aliphatic rings. The van der Waals surface area contributed by atoms with Crippen LogP contribution in [-0.2, 0) is 4.74 Å². The number of rotatable bonds is 6. The molecule has 0 atom stereocenters. The predicted molar refractivity (Wildman–Crippen MR) is 50.4 cm³/mol. The average Bonchev–Trinajstić information content (AvgIpc) is 2.51. The van der Waals surface area contributed by atoms with Gasteiger partial charge in [0, 0.05) is 19.8 Å². The van der Waals surface area contributed by atoms with Crippen molar-refractivity contribution in [3.05, 3.63) is 0 Å². The molecule has 0 aliphatic carbocycles. The van der Waals surface area contributed by atoms with E-state index >= 15 is 0 Å². The second-order valence-electron chi connectivity index (χ2n) is 2.52. The number of anilines is 2. The highest BCUT2D eigenvalue weighted by Crippen LogP contribution is 1.98. The molecule has 0 saturated heterocycles. The number of hydrogen-bond donors (Lipinski definition) is 3. The minimum atomic E-state index is 0.326. The van der Waals surface area contributed by atoms with Crippen molar-refractivity contribution in [1.29, 1.82) is 0 Å². The molecular weight excluding hydrogens is 170 g/mol. The number of nitrogen functional groups attached to an aromatic ring is 1. The van der Waals surface area contributed by atoms with Crippen molar-refractivity contribution in [2.24, 2.45) is 0 Å². The highest BCUT2D eigenvalue weighted by atomic mass is 16.5. The Balaban J connectivity index is 2.06. The summed E-state index contributed by atoms with van der Waals surface area (Å²) >= 11 is 0. The van der Waals surface area contributed by atoms with Gasteiger partial charge in [-0.25, -0.2) is 5.10 Å². The summed E-state index contributed by atoms with van der Waals surface area (Å²) in [5, 5.41) is 9.38. The fourth-order valence-corrected chi connectivity index (χ4v) is 0.872. The Kier molecular flexibility index (Phi) is 4.04. The highest BCUT2D eigenvalue weighted by molar-refractivity contribution is 5.29. The topological polar surface area (TPSA) is 88.8 Å². The van der Waals surface area contributed by atoms with Crippen LogP contribution in [0.3, 0.4) is 0 Å². The molecule has 4 N–H and O–H groups in total. The van der Waals surface area contributed by atoms with E-state index < -0.39 is 0 Å². The molecule has 1 aromatic heterocycles. The van der Waals surface area contributed by atoms with E-state index in [-0.39, 0.29) is 0 Å². The van der Waals surface area contributed by atoms with Crippen molar-refractivity contribution >= 4 is 11.9 Å². The number of nitrogens with two attached hydrogens (primary N) is 1. The van der Waals surface area contributed by atoms with E-state index in [1.54, 1.807) is 0 Å². The summed E-state index contributed by atoms with van der Waals surface area (Å²) in [6.45, 7) is 4.28. The van der Waals surface area contributed by atoms with Gasteiger partial charge in [-0.3, -0.25) is 0 Å². The van der Waals surface area contributed by atoms with Crippen molar-refractivity contribution in [3.8, 4) is 0 Å². The van der Waals surface area contributed by atoms with Crippen LogP contribution in [-0.4, -0.2) is 34.9 Å². The van der Waals surface area contributed by atoms with Gasteiger partial charge < -0.3 is 15.8 Å².